The Bertz CT molecular complexity index is 987. The maximum absolute atomic E-state index is 13.2. The van der Waals surface area contributed by atoms with Gasteiger partial charge in [-0.05, 0) is 17.7 Å². The lowest BCUT2D eigenvalue weighted by Gasteiger charge is -2.27. The van der Waals surface area contributed by atoms with E-state index in [1.165, 1.54) is 0 Å². The summed E-state index contributed by atoms with van der Waals surface area (Å²) < 4.78 is 0.846. The molecular formula is C22H16BrNO3. The number of rotatable bonds is 4. The van der Waals surface area contributed by atoms with E-state index >= 15 is 0 Å². The van der Waals surface area contributed by atoms with Crippen LogP contribution in [-0.4, -0.2) is 22.4 Å². The van der Waals surface area contributed by atoms with Gasteiger partial charge >= 0.3 is 5.79 Å². The molecule has 1 aliphatic heterocycles. The number of carbonyl (C=O) groups is 1. The molecule has 0 amide bonds. The van der Waals surface area contributed by atoms with Gasteiger partial charge in [-0.15, -0.1) is 0 Å². The summed E-state index contributed by atoms with van der Waals surface area (Å²) in [5, 5.41) is 15.4. The molecule has 0 spiro atoms. The average Bonchev–Trinajstić information content (AvgIpc) is 3.08. The number of ketones is 1. The maximum Gasteiger partial charge on any atom is 0.310 e. The van der Waals surface area contributed by atoms with Crippen molar-refractivity contribution in [3.63, 3.8) is 0 Å². The zero-order chi connectivity index (χ0) is 18.9. The summed E-state index contributed by atoms with van der Waals surface area (Å²) in [4.78, 5) is 18.6. The Hall–Kier alpha value is -2.76. The number of benzene rings is 3. The van der Waals surface area contributed by atoms with E-state index in [4.69, 9.17) is 4.84 Å². The molecule has 134 valence electrons. The fourth-order valence-corrected chi connectivity index (χ4v) is 3.51. The van der Waals surface area contributed by atoms with E-state index in [2.05, 4.69) is 21.1 Å². The fraction of sp³-hybridized carbons (Fsp3) is 0.0909. The van der Waals surface area contributed by atoms with Gasteiger partial charge in [-0.1, -0.05) is 93.9 Å². The first-order chi connectivity index (χ1) is 13.1. The molecule has 0 aromatic heterocycles. The first-order valence-corrected chi connectivity index (χ1v) is 9.28. The zero-order valence-corrected chi connectivity index (χ0v) is 15.8. The van der Waals surface area contributed by atoms with Crippen LogP contribution in [-0.2, 0) is 4.84 Å². The molecule has 3 aromatic carbocycles. The van der Waals surface area contributed by atoms with E-state index in [1.807, 2.05) is 60.7 Å². The lowest BCUT2D eigenvalue weighted by Crippen LogP contribution is -2.45. The van der Waals surface area contributed by atoms with Gasteiger partial charge in [0.15, 0.2) is 0 Å². The Morgan fingerprint density at radius 3 is 2.15 bits per heavy atom. The molecule has 0 aliphatic carbocycles. The number of oxime groups is 1. The van der Waals surface area contributed by atoms with Crippen LogP contribution in [0, 0.1) is 0 Å². The van der Waals surface area contributed by atoms with Crippen molar-refractivity contribution in [1.82, 2.24) is 0 Å². The third kappa shape index (κ3) is 3.20. The molecular weight excluding hydrogens is 406 g/mol. The Morgan fingerprint density at radius 1 is 0.926 bits per heavy atom. The van der Waals surface area contributed by atoms with Crippen LogP contribution in [0.1, 0.15) is 27.4 Å². The number of aliphatic hydroxyl groups is 1. The van der Waals surface area contributed by atoms with Gasteiger partial charge in [0.1, 0.15) is 11.6 Å². The summed E-state index contributed by atoms with van der Waals surface area (Å²) in [6.45, 7) is 0. The van der Waals surface area contributed by atoms with Crippen molar-refractivity contribution in [2.45, 2.75) is 11.7 Å². The molecule has 3 aromatic rings. The second kappa shape index (κ2) is 7.10. The third-order valence-electron chi connectivity index (χ3n) is 4.58. The van der Waals surface area contributed by atoms with Crippen molar-refractivity contribution in [1.29, 1.82) is 0 Å². The highest BCUT2D eigenvalue weighted by Crippen LogP contribution is 2.40. The number of hydrogen-bond acceptors (Lipinski definition) is 4. The van der Waals surface area contributed by atoms with Gasteiger partial charge in [0.05, 0.1) is 0 Å². The first kappa shape index (κ1) is 17.6. The Labute approximate surface area is 165 Å². The molecule has 4 nitrogen and oxygen atoms in total. The highest BCUT2D eigenvalue weighted by molar-refractivity contribution is 9.10. The SMILES string of the molecule is O=C(c1ccc(Br)cc1)[C@]1(O)ON=C(c2ccccc2)[C@@H]1c1ccccc1. The van der Waals surface area contributed by atoms with Crippen LogP contribution in [0.15, 0.2) is 94.6 Å². The van der Waals surface area contributed by atoms with E-state index in [-0.39, 0.29) is 0 Å². The van der Waals surface area contributed by atoms with Crippen LogP contribution in [0.25, 0.3) is 0 Å². The first-order valence-electron chi connectivity index (χ1n) is 8.49. The van der Waals surface area contributed by atoms with E-state index < -0.39 is 17.5 Å². The van der Waals surface area contributed by atoms with Crippen molar-refractivity contribution in [3.05, 3.63) is 106 Å². The van der Waals surface area contributed by atoms with Crippen molar-refractivity contribution in [3.8, 4) is 0 Å². The molecule has 1 N–H and O–H groups in total. The quantitative estimate of drug-likeness (QED) is 0.629. The molecule has 2 atom stereocenters. The number of Topliss-reactive ketones (excluding diaryl/α,β-unsaturated/α-hetero) is 1. The Morgan fingerprint density at radius 2 is 1.52 bits per heavy atom. The predicted molar refractivity (Wildman–Crippen MR) is 107 cm³/mol. The second-order valence-electron chi connectivity index (χ2n) is 6.31. The minimum absolute atomic E-state index is 0.353. The monoisotopic (exact) mass is 421 g/mol. The fourth-order valence-electron chi connectivity index (χ4n) is 3.25. The van der Waals surface area contributed by atoms with Gasteiger partial charge in [0.2, 0.25) is 5.78 Å². The minimum atomic E-state index is -2.11. The Balaban J connectivity index is 1.80. The third-order valence-corrected chi connectivity index (χ3v) is 5.11. The van der Waals surface area contributed by atoms with Gasteiger partial charge in [-0.25, -0.2) is 0 Å². The zero-order valence-electron chi connectivity index (χ0n) is 14.2. The van der Waals surface area contributed by atoms with Crippen LogP contribution in [0.5, 0.6) is 0 Å². The summed E-state index contributed by atoms with van der Waals surface area (Å²) in [7, 11) is 0. The molecule has 5 heteroatoms. The minimum Gasteiger partial charge on any atom is -0.350 e. The molecule has 0 bridgehead atoms. The molecule has 27 heavy (non-hydrogen) atoms. The molecule has 0 radical (unpaired) electrons. The van der Waals surface area contributed by atoms with Crippen molar-refractivity contribution in [2.24, 2.45) is 5.16 Å². The molecule has 0 unspecified atom stereocenters. The topological polar surface area (TPSA) is 58.9 Å². The number of halogens is 1. The molecule has 0 saturated heterocycles. The van der Waals surface area contributed by atoms with Crippen molar-refractivity contribution in [2.75, 3.05) is 0 Å². The van der Waals surface area contributed by atoms with Gasteiger partial charge < -0.3 is 9.94 Å². The molecule has 4 rings (SSSR count). The summed E-state index contributed by atoms with van der Waals surface area (Å²) in [5.41, 5.74) is 2.43. The summed E-state index contributed by atoms with van der Waals surface area (Å²) in [5.74, 6) is -3.38. The van der Waals surface area contributed by atoms with Crippen molar-refractivity contribution < 1.29 is 14.7 Å². The molecule has 1 heterocycles. The van der Waals surface area contributed by atoms with E-state index in [0.29, 0.717) is 11.3 Å². The van der Waals surface area contributed by atoms with Gasteiger partial charge in [0.25, 0.3) is 0 Å². The summed E-state index contributed by atoms with van der Waals surface area (Å²) >= 11 is 3.35. The van der Waals surface area contributed by atoms with Gasteiger partial charge in [-0.2, -0.15) is 0 Å². The largest absolute Gasteiger partial charge is 0.350 e. The highest BCUT2D eigenvalue weighted by Gasteiger charge is 2.54. The Kier molecular flexibility index (Phi) is 4.64. The number of hydrogen-bond donors (Lipinski definition) is 1. The summed E-state index contributed by atoms with van der Waals surface area (Å²) in [6, 6.07) is 25.6. The molecule has 0 fully saturated rings. The normalized spacial score (nSPS) is 21.4. The van der Waals surface area contributed by atoms with Gasteiger partial charge in [0, 0.05) is 15.6 Å². The molecule has 0 saturated carbocycles. The van der Waals surface area contributed by atoms with E-state index in [9.17, 15) is 9.90 Å². The smallest absolute Gasteiger partial charge is 0.310 e. The van der Waals surface area contributed by atoms with E-state index in [0.717, 1.165) is 15.6 Å². The number of carbonyl (C=O) groups excluding carboxylic acids is 1. The average molecular weight is 422 g/mol. The lowest BCUT2D eigenvalue weighted by atomic mass is 9.80. The van der Waals surface area contributed by atoms with Crippen LogP contribution in [0.4, 0.5) is 0 Å². The molecule has 1 aliphatic rings. The van der Waals surface area contributed by atoms with Crippen molar-refractivity contribution >= 4 is 27.4 Å². The maximum atomic E-state index is 13.2. The van der Waals surface area contributed by atoms with E-state index in [1.54, 1.807) is 24.3 Å². The number of nitrogens with zero attached hydrogens (tertiary/aromatic N) is 1. The van der Waals surface area contributed by atoms with Gasteiger partial charge in [-0.3, -0.25) is 4.79 Å². The second-order valence-corrected chi connectivity index (χ2v) is 7.23. The van der Waals surface area contributed by atoms with Crippen LogP contribution in [0.2, 0.25) is 0 Å². The summed E-state index contributed by atoms with van der Waals surface area (Å²) in [6.07, 6.45) is 0. The lowest BCUT2D eigenvalue weighted by molar-refractivity contribution is -0.155. The standard InChI is InChI=1S/C22H16BrNO3/c23-18-13-11-17(12-14-18)21(25)22(26)19(15-7-3-1-4-8-15)20(24-27-22)16-9-5-2-6-10-16/h1-14,19,26H/t19-,22+/m0/s1. The van der Waals surface area contributed by atoms with Crippen LogP contribution in [0.3, 0.4) is 0 Å². The predicted octanol–water partition coefficient (Wildman–Crippen LogP) is 4.54. The van der Waals surface area contributed by atoms with Crippen LogP contribution >= 0.6 is 15.9 Å². The highest BCUT2D eigenvalue weighted by atomic mass is 79.9. The van der Waals surface area contributed by atoms with Crippen LogP contribution < -0.4 is 0 Å².